The predicted octanol–water partition coefficient (Wildman–Crippen LogP) is 4.64. The van der Waals surface area contributed by atoms with Crippen molar-refractivity contribution in [3.8, 4) is 22.1 Å². The highest BCUT2D eigenvalue weighted by atomic mass is 35.5. The maximum Gasteiger partial charge on any atom is 0.291 e. The van der Waals surface area contributed by atoms with Crippen LogP contribution in [0.2, 0.25) is 5.02 Å². The van der Waals surface area contributed by atoms with E-state index in [1.165, 1.54) is 23.6 Å². The van der Waals surface area contributed by atoms with Crippen LogP contribution in [0.3, 0.4) is 0 Å². The van der Waals surface area contributed by atoms with Gasteiger partial charge in [0, 0.05) is 10.4 Å². The standard InChI is InChI=1S/C20H18ClN3O3S/c1-3-27-16-10-13(9-15(21)18(16)25)11-22-24-19(26)17-12(2)28-20(23-17)14-7-5-4-6-8-14/h4-11,25H,3H2,1-2H3,(H,24,26)/b22-11-. The predicted molar refractivity (Wildman–Crippen MR) is 112 cm³/mol. The number of thiazole rings is 1. The van der Waals surface area contributed by atoms with Gasteiger partial charge >= 0.3 is 0 Å². The average Bonchev–Trinajstić information content (AvgIpc) is 3.08. The molecule has 2 aromatic carbocycles. The number of aromatic hydroxyl groups is 1. The summed E-state index contributed by atoms with van der Waals surface area (Å²) in [6.07, 6.45) is 1.42. The number of carbonyl (C=O) groups excluding carboxylic acids is 1. The number of carbonyl (C=O) groups is 1. The molecule has 3 rings (SSSR count). The smallest absolute Gasteiger partial charge is 0.291 e. The normalized spacial score (nSPS) is 11.0. The minimum Gasteiger partial charge on any atom is -0.503 e. The topological polar surface area (TPSA) is 83.8 Å². The van der Waals surface area contributed by atoms with Gasteiger partial charge in [-0.25, -0.2) is 10.4 Å². The van der Waals surface area contributed by atoms with Gasteiger partial charge in [-0.05, 0) is 31.5 Å². The van der Waals surface area contributed by atoms with E-state index in [1.807, 2.05) is 37.3 Å². The summed E-state index contributed by atoms with van der Waals surface area (Å²) in [5.41, 5.74) is 4.33. The molecule has 144 valence electrons. The number of benzene rings is 2. The molecule has 8 heteroatoms. The molecule has 1 amide bonds. The molecule has 3 aromatic rings. The second kappa shape index (κ2) is 8.86. The summed E-state index contributed by atoms with van der Waals surface area (Å²) in [6, 6.07) is 12.8. The van der Waals surface area contributed by atoms with Crippen molar-refractivity contribution in [3.05, 3.63) is 63.6 Å². The molecule has 1 aromatic heterocycles. The summed E-state index contributed by atoms with van der Waals surface area (Å²) < 4.78 is 5.32. The molecule has 0 bridgehead atoms. The number of aromatic nitrogens is 1. The van der Waals surface area contributed by atoms with Crippen LogP contribution in [0.25, 0.3) is 10.6 Å². The van der Waals surface area contributed by atoms with E-state index in [0.29, 0.717) is 17.9 Å². The number of nitrogens with zero attached hydrogens (tertiary/aromatic N) is 2. The first kappa shape index (κ1) is 19.9. The van der Waals surface area contributed by atoms with Crippen molar-refractivity contribution in [2.24, 2.45) is 5.10 Å². The van der Waals surface area contributed by atoms with Gasteiger partial charge in [0.25, 0.3) is 5.91 Å². The largest absolute Gasteiger partial charge is 0.503 e. The van der Waals surface area contributed by atoms with Crippen molar-refractivity contribution >= 4 is 35.1 Å². The monoisotopic (exact) mass is 415 g/mol. The van der Waals surface area contributed by atoms with Crippen molar-refractivity contribution in [2.45, 2.75) is 13.8 Å². The van der Waals surface area contributed by atoms with E-state index in [2.05, 4.69) is 15.5 Å². The van der Waals surface area contributed by atoms with Crippen molar-refractivity contribution < 1.29 is 14.6 Å². The zero-order valence-corrected chi connectivity index (χ0v) is 16.8. The molecule has 0 aliphatic carbocycles. The number of aryl methyl sites for hydroxylation is 1. The van der Waals surface area contributed by atoms with Gasteiger partial charge in [-0.1, -0.05) is 41.9 Å². The SMILES string of the molecule is CCOc1cc(/C=N\NC(=O)c2nc(-c3ccccc3)sc2C)cc(Cl)c1O. The van der Waals surface area contributed by atoms with Crippen LogP contribution in [0, 0.1) is 6.92 Å². The van der Waals surface area contributed by atoms with E-state index in [4.69, 9.17) is 16.3 Å². The summed E-state index contributed by atoms with van der Waals surface area (Å²) >= 11 is 7.44. The van der Waals surface area contributed by atoms with Gasteiger partial charge in [-0.2, -0.15) is 5.10 Å². The number of nitrogens with one attached hydrogen (secondary N) is 1. The fraction of sp³-hybridized carbons (Fsp3) is 0.150. The lowest BCUT2D eigenvalue weighted by atomic mass is 10.2. The van der Waals surface area contributed by atoms with Gasteiger partial charge in [0.05, 0.1) is 17.8 Å². The van der Waals surface area contributed by atoms with Gasteiger partial charge in [-0.3, -0.25) is 4.79 Å². The number of halogens is 1. The Labute approximate surface area is 171 Å². The molecule has 0 unspecified atom stereocenters. The number of hydrogen-bond donors (Lipinski definition) is 2. The van der Waals surface area contributed by atoms with Crippen LogP contribution in [-0.4, -0.2) is 28.8 Å². The van der Waals surface area contributed by atoms with Crippen molar-refractivity contribution in [1.82, 2.24) is 10.4 Å². The van der Waals surface area contributed by atoms with E-state index in [0.717, 1.165) is 15.4 Å². The van der Waals surface area contributed by atoms with Crippen molar-refractivity contribution in [1.29, 1.82) is 0 Å². The number of hydrazone groups is 1. The molecule has 0 aliphatic rings. The minimum absolute atomic E-state index is 0.128. The van der Waals surface area contributed by atoms with Crippen LogP contribution in [0.4, 0.5) is 0 Å². The van der Waals surface area contributed by atoms with Crippen LogP contribution in [0.15, 0.2) is 47.6 Å². The van der Waals surface area contributed by atoms with E-state index >= 15 is 0 Å². The molecule has 1 heterocycles. The van der Waals surface area contributed by atoms with Gasteiger partial charge in [0.2, 0.25) is 0 Å². The maximum absolute atomic E-state index is 12.4. The Morgan fingerprint density at radius 3 is 2.82 bits per heavy atom. The van der Waals surface area contributed by atoms with Gasteiger partial charge < -0.3 is 9.84 Å². The number of ether oxygens (including phenoxy) is 1. The molecule has 28 heavy (non-hydrogen) atoms. The highest BCUT2D eigenvalue weighted by Crippen LogP contribution is 2.34. The summed E-state index contributed by atoms with van der Waals surface area (Å²) in [7, 11) is 0. The Morgan fingerprint density at radius 1 is 1.36 bits per heavy atom. The lowest BCUT2D eigenvalue weighted by Crippen LogP contribution is -2.19. The summed E-state index contributed by atoms with van der Waals surface area (Å²) in [6.45, 7) is 4.03. The summed E-state index contributed by atoms with van der Waals surface area (Å²) in [4.78, 5) is 17.7. The van der Waals surface area contributed by atoms with E-state index in [1.54, 1.807) is 13.0 Å². The fourth-order valence-electron chi connectivity index (χ4n) is 2.46. The summed E-state index contributed by atoms with van der Waals surface area (Å²) in [5, 5.41) is 14.7. The lowest BCUT2D eigenvalue weighted by Gasteiger charge is -2.08. The third-order valence-electron chi connectivity index (χ3n) is 3.76. The van der Waals surface area contributed by atoms with Gasteiger partial charge in [-0.15, -0.1) is 11.3 Å². The molecular formula is C20H18ClN3O3S. The number of rotatable bonds is 6. The Kier molecular flexibility index (Phi) is 6.28. The fourth-order valence-corrected chi connectivity index (χ4v) is 3.60. The van der Waals surface area contributed by atoms with E-state index < -0.39 is 5.91 Å². The lowest BCUT2D eigenvalue weighted by molar-refractivity contribution is 0.0950. The Balaban J connectivity index is 1.73. The van der Waals surface area contributed by atoms with E-state index in [-0.39, 0.29) is 16.5 Å². The Hall–Kier alpha value is -2.90. The molecule has 0 saturated carbocycles. The van der Waals surface area contributed by atoms with Gasteiger partial charge in [0.1, 0.15) is 10.7 Å². The molecule has 0 saturated heterocycles. The van der Waals surface area contributed by atoms with Crippen molar-refractivity contribution in [2.75, 3.05) is 6.61 Å². The number of amides is 1. The first-order valence-electron chi connectivity index (χ1n) is 8.51. The summed E-state index contributed by atoms with van der Waals surface area (Å²) in [5.74, 6) is -0.274. The second-order valence-electron chi connectivity index (χ2n) is 5.77. The van der Waals surface area contributed by atoms with E-state index in [9.17, 15) is 9.90 Å². The molecule has 0 spiro atoms. The molecule has 0 aliphatic heterocycles. The van der Waals surface area contributed by atoms with Crippen LogP contribution >= 0.6 is 22.9 Å². The first-order chi connectivity index (χ1) is 13.5. The molecule has 6 nitrogen and oxygen atoms in total. The molecular weight excluding hydrogens is 398 g/mol. The number of phenolic OH excluding ortho intramolecular Hbond substituents is 1. The van der Waals surface area contributed by atoms with Gasteiger partial charge in [0.15, 0.2) is 11.5 Å². The highest BCUT2D eigenvalue weighted by molar-refractivity contribution is 7.15. The van der Waals surface area contributed by atoms with Crippen LogP contribution < -0.4 is 10.2 Å². The quantitative estimate of drug-likeness (QED) is 0.453. The third-order valence-corrected chi connectivity index (χ3v) is 5.07. The average molecular weight is 416 g/mol. The molecule has 0 atom stereocenters. The number of phenols is 1. The maximum atomic E-state index is 12.4. The Bertz CT molecular complexity index is 1020. The molecule has 0 fully saturated rings. The molecule has 0 radical (unpaired) electrons. The number of hydrogen-bond acceptors (Lipinski definition) is 6. The Morgan fingerprint density at radius 2 is 2.11 bits per heavy atom. The van der Waals surface area contributed by atoms with Crippen LogP contribution in [0.1, 0.15) is 27.9 Å². The third kappa shape index (κ3) is 4.49. The second-order valence-corrected chi connectivity index (χ2v) is 7.38. The van der Waals surface area contributed by atoms with Crippen molar-refractivity contribution in [3.63, 3.8) is 0 Å². The van der Waals surface area contributed by atoms with Crippen LogP contribution in [0.5, 0.6) is 11.5 Å². The zero-order chi connectivity index (χ0) is 20.1. The molecule has 2 N–H and O–H groups in total. The highest BCUT2D eigenvalue weighted by Gasteiger charge is 2.16. The minimum atomic E-state index is -0.401. The zero-order valence-electron chi connectivity index (χ0n) is 15.3. The first-order valence-corrected chi connectivity index (χ1v) is 9.70. The van der Waals surface area contributed by atoms with Crippen LogP contribution in [-0.2, 0) is 0 Å².